The summed E-state index contributed by atoms with van der Waals surface area (Å²) in [4.78, 5) is 30.4. The van der Waals surface area contributed by atoms with Crippen molar-refractivity contribution in [3.63, 3.8) is 0 Å². The van der Waals surface area contributed by atoms with E-state index in [0.717, 1.165) is 45.3 Å². The number of rotatable bonds is 12. The monoisotopic (exact) mass is 550 g/mol. The van der Waals surface area contributed by atoms with Crippen molar-refractivity contribution in [1.29, 1.82) is 0 Å². The van der Waals surface area contributed by atoms with Crippen LogP contribution in [0.1, 0.15) is 63.1 Å². The molecule has 1 aliphatic rings. The number of nitrogens with zero attached hydrogens (tertiary/aromatic N) is 2. The minimum absolute atomic E-state index is 0.0142. The summed E-state index contributed by atoms with van der Waals surface area (Å²) in [5.41, 5.74) is 0.961. The first kappa shape index (κ1) is 28.5. The smallest absolute Gasteiger partial charge is 0.295 e. The van der Waals surface area contributed by atoms with Gasteiger partial charge in [0, 0.05) is 27.2 Å². The van der Waals surface area contributed by atoms with Crippen LogP contribution in [-0.2, 0) is 9.59 Å². The number of ketones is 1. The molecule has 0 spiro atoms. The van der Waals surface area contributed by atoms with Gasteiger partial charge < -0.3 is 14.9 Å². The molecule has 1 N–H and O–H groups in total. The highest BCUT2D eigenvalue weighted by molar-refractivity contribution is 6.47. The lowest BCUT2D eigenvalue weighted by Gasteiger charge is -2.28. The van der Waals surface area contributed by atoms with Gasteiger partial charge in [-0.3, -0.25) is 9.59 Å². The van der Waals surface area contributed by atoms with Crippen LogP contribution in [0.5, 0.6) is 0 Å². The van der Waals surface area contributed by atoms with Gasteiger partial charge in [0.05, 0.1) is 11.6 Å². The van der Waals surface area contributed by atoms with Crippen LogP contribution in [0, 0.1) is 0 Å². The number of aliphatic hydroxyl groups excluding tert-OH is 1. The van der Waals surface area contributed by atoms with E-state index in [1.54, 1.807) is 42.5 Å². The number of hydrogen-bond acceptors (Lipinski definition) is 4. The average Bonchev–Trinajstić information content (AvgIpc) is 3.10. The molecule has 8 heteroatoms. The fourth-order valence-electron chi connectivity index (χ4n) is 4.48. The van der Waals surface area contributed by atoms with E-state index in [4.69, 9.17) is 34.8 Å². The maximum atomic E-state index is 13.2. The minimum Gasteiger partial charge on any atom is -0.507 e. The third-order valence-corrected chi connectivity index (χ3v) is 7.26. The molecule has 36 heavy (non-hydrogen) atoms. The molecule has 1 atom stereocenters. The fraction of sp³-hybridized carbons (Fsp3) is 0.429. The second-order valence-electron chi connectivity index (χ2n) is 9.07. The molecule has 0 aromatic heterocycles. The Balaban J connectivity index is 1.95. The first-order chi connectivity index (χ1) is 17.3. The van der Waals surface area contributed by atoms with Crippen molar-refractivity contribution in [2.75, 3.05) is 26.2 Å². The molecule has 5 nitrogen and oxygen atoms in total. The number of Topliss-reactive ketones (excluding diaryl/α,β-unsaturated/α-hetero) is 1. The second kappa shape index (κ2) is 13.5. The van der Waals surface area contributed by atoms with Crippen molar-refractivity contribution in [3.8, 4) is 0 Å². The highest BCUT2D eigenvalue weighted by atomic mass is 35.5. The Morgan fingerprint density at radius 1 is 0.889 bits per heavy atom. The molecular formula is C28H33Cl3N2O3. The minimum atomic E-state index is -0.815. The van der Waals surface area contributed by atoms with Crippen molar-refractivity contribution in [1.82, 2.24) is 9.80 Å². The fourth-order valence-corrected chi connectivity index (χ4v) is 5.12. The van der Waals surface area contributed by atoms with E-state index < -0.39 is 17.7 Å². The van der Waals surface area contributed by atoms with Gasteiger partial charge in [-0.25, -0.2) is 0 Å². The largest absolute Gasteiger partial charge is 0.507 e. The standard InChI is InChI=1S/C28H33Cl3N2O3/c1-3-5-14-32(15-6-4-2)16-7-17-33-25(22-13-12-21(30)18-23(22)31)24(27(35)28(33)36)26(34)19-8-10-20(29)11-9-19/h8-13,18,25,34H,3-7,14-17H2,1-2H3/t25-/m0/s1. The number of amides is 1. The number of unbranched alkanes of at least 4 members (excludes halogenated alkanes) is 2. The summed E-state index contributed by atoms with van der Waals surface area (Å²) in [5.74, 6) is -1.63. The Bertz CT molecular complexity index is 1090. The summed E-state index contributed by atoms with van der Waals surface area (Å²) >= 11 is 18.7. The normalized spacial score (nSPS) is 17.4. The predicted molar refractivity (Wildman–Crippen MR) is 148 cm³/mol. The summed E-state index contributed by atoms with van der Waals surface area (Å²) < 4.78 is 0. The Hall–Kier alpha value is -2.05. The number of carbonyl (C=O) groups excluding carboxylic acids is 2. The molecule has 0 aliphatic carbocycles. The van der Waals surface area contributed by atoms with Crippen molar-refractivity contribution >= 4 is 52.3 Å². The maximum Gasteiger partial charge on any atom is 0.295 e. The molecule has 3 rings (SSSR count). The van der Waals surface area contributed by atoms with Crippen LogP contribution in [0.25, 0.3) is 5.76 Å². The zero-order valence-corrected chi connectivity index (χ0v) is 23.0. The molecule has 0 unspecified atom stereocenters. The molecule has 1 saturated heterocycles. The molecule has 2 aromatic rings. The van der Waals surface area contributed by atoms with Crippen LogP contribution in [-0.4, -0.2) is 52.8 Å². The molecule has 1 heterocycles. The van der Waals surface area contributed by atoms with Gasteiger partial charge in [0.15, 0.2) is 0 Å². The number of benzene rings is 2. The molecule has 1 fully saturated rings. The lowest BCUT2D eigenvalue weighted by molar-refractivity contribution is -0.140. The van der Waals surface area contributed by atoms with Gasteiger partial charge in [-0.2, -0.15) is 0 Å². The molecule has 1 amide bonds. The molecule has 0 bridgehead atoms. The third kappa shape index (κ3) is 6.83. The molecule has 0 radical (unpaired) electrons. The SMILES string of the molecule is CCCCN(CCCC)CCCN1C(=O)C(=O)C(=C(O)c2ccc(Cl)cc2)[C@@H]1c1ccc(Cl)cc1Cl. The van der Waals surface area contributed by atoms with Crippen LogP contribution in [0.4, 0.5) is 0 Å². The van der Waals surface area contributed by atoms with E-state index in [-0.39, 0.29) is 11.3 Å². The third-order valence-electron chi connectivity index (χ3n) is 6.44. The maximum absolute atomic E-state index is 13.2. The van der Waals surface area contributed by atoms with Crippen LogP contribution in [0.3, 0.4) is 0 Å². The Morgan fingerprint density at radius 3 is 2.06 bits per heavy atom. The van der Waals surface area contributed by atoms with Crippen LogP contribution in [0.15, 0.2) is 48.0 Å². The summed E-state index contributed by atoms with van der Waals surface area (Å²) in [6.45, 7) is 7.56. The van der Waals surface area contributed by atoms with Gasteiger partial charge in [-0.05, 0) is 80.9 Å². The highest BCUT2D eigenvalue weighted by Crippen LogP contribution is 2.42. The van der Waals surface area contributed by atoms with E-state index in [1.807, 2.05) is 0 Å². The van der Waals surface area contributed by atoms with Crippen molar-refractivity contribution in [2.45, 2.75) is 52.0 Å². The molecule has 194 valence electrons. The summed E-state index contributed by atoms with van der Waals surface area (Å²) in [5, 5.41) is 12.4. The van der Waals surface area contributed by atoms with Crippen molar-refractivity contribution in [2.24, 2.45) is 0 Å². The Morgan fingerprint density at radius 2 is 1.47 bits per heavy atom. The Kier molecular flexibility index (Phi) is 10.7. The zero-order valence-electron chi connectivity index (χ0n) is 20.8. The van der Waals surface area contributed by atoms with Crippen molar-refractivity contribution in [3.05, 3.63) is 74.2 Å². The topological polar surface area (TPSA) is 60.9 Å². The summed E-state index contributed by atoms with van der Waals surface area (Å²) in [6.07, 6.45) is 5.18. The Labute approximate surface area is 228 Å². The van der Waals surface area contributed by atoms with E-state index in [9.17, 15) is 14.7 Å². The quantitative estimate of drug-likeness (QED) is 0.170. The van der Waals surface area contributed by atoms with E-state index in [0.29, 0.717) is 39.2 Å². The van der Waals surface area contributed by atoms with Gasteiger partial charge >= 0.3 is 0 Å². The first-order valence-corrected chi connectivity index (χ1v) is 13.6. The van der Waals surface area contributed by atoms with Crippen LogP contribution >= 0.6 is 34.8 Å². The lowest BCUT2D eigenvalue weighted by Crippen LogP contribution is -2.34. The molecule has 1 aliphatic heterocycles. The number of carbonyl (C=O) groups is 2. The highest BCUT2D eigenvalue weighted by Gasteiger charge is 2.46. The van der Waals surface area contributed by atoms with Crippen molar-refractivity contribution < 1.29 is 14.7 Å². The van der Waals surface area contributed by atoms with E-state index in [1.165, 1.54) is 4.90 Å². The summed E-state index contributed by atoms with van der Waals surface area (Å²) in [7, 11) is 0. The number of aliphatic hydroxyl groups is 1. The first-order valence-electron chi connectivity index (χ1n) is 12.5. The number of likely N-dealkylation sites (tertiary alicyclic amines) is 1. The molecular weight excluding hydrogens is 519 g/mol. The second-order valence-corrected chi connectivity index (χ2v) is 10.3. The van der Waals surface area contributed by atoms with Gasteiger partial charge in [-0.1, -0.05) is 67.6 Å². The van der Waals surface area contributed by atoms with Gasteiger partial charge in [0.25, 0.3) is 11.7 Å². The lowest BCUT2D eigenvalue weighted by atomic mass is 9.95. The average molecular weight is 552 g/mol. The molecule has 2 aromatic carbocycles. The van der Waals surface area contributed by atoms with Crippen LogP contribution < -0.4 is 0 Å². The van der Waals surface area contributed by atoms with Crippen LogP contribution in [0.2, 0.25) is 15.1 Å². The zero-order chi connectivity index (χ0) is 26.2. The molecule has 0 saturated carbocycles. The van der Waals surface area contributed by atoms with Gasteiger partial charge in [0.2, 0.25) is 0 Å². The summed E-state index contributed by atoms with van der Waals surface area (Å²) in [6, 6.07) is 10.6. The predicted octanol–water partition coefficient (Wildman–Crippen LogP) is 7.36. The van der Waals surface area contributed by atoms with Gasteiger partial charge in [0.1, 0.15) is 5.76 Å². The number of halogens is 3. The van der Waals surface area contributed by atoms with Gasteiger partial charge in [-0.15, -0.1) is 0 Å². The van der Waals surface area contributed by atoms with E-state index >= 15 is 0 Å². The van der Waals surface area contributed by atoms with E-state index in [2.05, 4.69) is 18.7 Å². The number of hydrogen-bond donors (Lipinski definition) is 1.